The molecule has 0 aromatic heterocycles. The molecule has 0 aliphatic rings. The molecule has 1 amide bonds. The van der Waals surface area contributed by atoms with Crippen molar-refractivity contribution in [2.75, 3.05) is 17.7 Å². The predicted octanol–water partition coefficient (Wildman–Crippen LogP) is 2.12. The lowest BCUT2D eigenvalue weighted by Gasteiger charge is -2.04. The predicted molar refractivity (Wildman–Crippen MR) is 63.2 cm³/mol. The van der Waals surface area contributed by atoms with Gasteiger partial charge >= 0.3 is 0 Å². The standard InChI is InChI=1S/C11H15NO2S/c1-2-15-10-5-3-9(4-6-10)12-11(14)7-8-13/h3-6,13H,2,7-8H2,1H3,(H,12,14). The fourth-order valence-corrected chi connectivity index (χ4v) is 1.79. The molecule has 1 aromatic rings. The van der Waals surface area contributed by atoms with Gasteiger partial charge in [0.1, 0.15) is 0 Å². The Hall–Kier alpha value is -1.00. The summed E-state index contributed by atoms with van der Waals surface area (Å²) in [7, 11) is 0. The van der Waals surface area contributed by atoms with Crippen LogP contribution in [0.4, 0.5) is 5.69 Å². The van der Waals surface area contributed by atoms with Crippen molar-refractivity contribution in [2.45, 2.75) is 18.2 Å². The van der Waals surface area contributed by atoms with Gasteiger partial charge in [-0.2, -0.15) is 0 Å². The molecule has 1 rings (SSSR count). The van der Waals surface area contributed by atoms with E-state index in [1.807, 2.05) is 24.3 Å². The van der Waals surface area contributed by atoms with Crippen LogP contribution < -0.4 is 5.32 Å². The second-order valence-electron chi connectivity index (χ2n) is 2.98. The number of aliphatic hydroxyl groups excluding tert-OH is 1. The monoisotopic (exact) mass is 225 g/mol. The maximum Gasteiger partial charge on any atom is 0.226 e. The van der Waals surface area contributed by atoms with Crippen LogP contribution in [0.15, 0.2) is 29.2 Å². The quantitative estimate of drug-likeness (QED) is 0.755. The lowest BCUT2D eigenvalue weighted by Crippen LogP contribution is -2.12. The molecule has 0 spiro atoms. The summed E-state index contributed by atoms with van der Waals surface area (Å²) in [6.45, 7) is 1.98. The van der Waals surface area contributed by atoms with E-state index in [0.717, 1.165) is 11.4 Å². The topological polar surface area (TPSA) is 49.3 Å². The third-order valence-corrected chi connectivity index (χ3v) is 2.68. The number of aliphatic hydroxyl groups is 1. The minimum atomic E-state index is -0.159. The number of carbonyl (C=O) groups excluding carboxylic acids is 1. The van der Waals surface area contributed by atoms with Crippen LogP contribution in [0.5, 0.6) is 0 Å². The van der Waals surface area contributed by atoms with Gasteiger partial charge < -0.3 is 10.4 Å². The summed E-state index contributed by atoms with van der Waals surface area (Å²) >= 11 is 1.76. The zero-order valence-corrected chi connectivity index (χ0v) is 9.51. The second kappa shape index (κ2) is 6.48. The summed E-state index contributed by atoms with van der Waals surface area (Å²) in [5, 5.41) is 11.3. The van der Waals surface area contributed by atoms with Crippen LogP contribution in [0.25, 0.3) is 0 Å². The molecular formula is C11H15NO2S. The molecule has 0 saturated heterocycles. The van der Waals surface area contributed by atoms with E-state index < -0.39 is 0 Å². The molecule has 0 aliphatic carbocycles. The van der Waals surface area contributed by atoms with Gasteiger partial charge in [0, 0.05) is 10.6 Å². The summed E-state index contributed by atoms with van der Waals surface area (Å²) in [4.78, 5) is 12.3. The number of benzene rings is 1. The third-order valence-electron chi connectivity index (χ3n) is 1.79. The normalized spacial score (nSPS) is 10.0. The van der Waals surface area contributed by atoms with Crippen molar-refractivity contribution in [3.05, 3.63) is 24.3 Å². The van der Waals surface area contributed by atoms with E-state index in [4.69, 9.17) is 5.11 Å². The molecule has 0 saturated carbocycles. The highest BCUT2D eigenvalue weighted by Gasteiger charge is 2.00. The van der Waals surface area contributed by atoms with E-state index in [-0.39, 0.29) is 18.9 Å². The molecule has 0 atom stereocenters. The maximum absolute atomic E-state index is 11.1. The van der Waals surface area contributed by atoms with Gasteiger partial charge in [0.2, 0.25) is 5.91 Å². The fourth-order valence-electron chi connectivity index (χ4n) is 1.13. The Kier molecular flexibility index (Phi) is 5.21. The minimum Gasteiger partial charge on any atom is -0.396 e. The minimum absolute atomic E-state index is 0.115. The van der Waals surface area contributed by atoms with Crippen LogP contribution in [0.1, 0.15) is 13.3 Å². The lowest BCUT2D eigenvalue weighted by molar-refractivity contribution is -0.116. The fraction of sp³-hybridized carbons (Fsp3) is 0.364. The molecule has 2 N–H and O–H groups in total. The molecule has 3 nitrogen and oxygen atoms in total. The van der Waals surface area contributed by atoms with Crippen molar-refractivity contribution in [3.63, 3.8) is 0 Å². The molecule has 15 heavy (non-hydrogen) atoms. The molecule has 1 aromatic carbocycles. The molecule has 4 heteroatoms. The largest absolute Gasteiger partial charge is 0.396 e. The molecule has 0 aliphatic heterocycles. The van der Waals surface area contributed by atoms with E-state index in [1.165, 1.54) is 4.90 Å². The first-order valence-electron chi connectivity index (χ1n) is 4.90. The van der Waals surface area contributed by atoms with E-state index in [0.29, 0.717) is 0 Å². The number of amides is 1. The number of thioether (sulfide) groups is 1. The summed E-state index contributed by atoms with van der Waals surface area (Å²) in [6, 6.07) is 7.69. The van der Waals surface area contributed by atoms with Crippen molar-refractivity contribution in [3.8, 4) is 0 Å². The van der Waals surface area contributed by atoms with Gasteiger partial charge in [-0.25, -0.2) is 0 Å². The lowest BCUT2D eigenvalue weighted by atomic mass is 10.3. The van der Waals surface area contributed by atoms with Crippen LogP contribution in [0.3, 0.4) is 0 Å². The highest BCUT2D eigenvalue weighted by atomic mass is 32.2. The van der Waals surface area contributed by atoms with Gasteiger partial charge in [0.05, 0.1) is 13.0 Å². The Morgan fingerprint density at radius 3 is 2.60 bits per heavy atom. The number of hydrogen-bond donors (Lipinski definition) is 2. The number of rotatable bonds is 5. The van der Waals surface area contributed by atoms with Crippen LogP contribution in [-0.2, 0) is 4.79 Å². The zero-order chi connectivity index (χ0) is 11.1. The molecular weight excluding hydrogens is 210 g/mol. The molecule has 0 unspecified atom stereocenters. The van der Waals surface area contributed by atoms with Crippen molar-refractivity contribution in [2.24, 2.45) is 0 Å². The van der Waals surface area contributed by atoms with Gasteiger partial charge in [-0.1, -0.05) is 6.92 Å². The first-order chi connectivity index (χ1) is 7.26. The van der Waals surface area contributed by atoms with Gasteiger partial charge in [0.25, 0.3) is 0 Å². The Labute approximate surface area is 93.9 Å². The summed E-state index contributed by atoms with van der Waals surface area (Å²) in [5.41, 5.74) is 0.772. The second-order valence-corrected chi connectivity index (χ2v) is 4.32. The molecule has 0 heterocycles. The van der Waals surface area contributed by atoms with Gasteiger partial charge in [-0.05, 0) is 30.0 Å². The van der Waals surface area contributed by atoms with Gasteiger partial charge in [-0.3, -0.25) is 4.79 Å². The first kappa shape index (κ1) is 12.1. The van der Waals surface area contributed by atoms with Gasteiger partial charge in [-0.15, -0.1) is 11.8 Å². The Balaban J connectivity index is 2.52. The molecule has 0 fully saturated rings. The Morgan fingerprint density at radius 2 is 2.07 bits per heavy atom. The average Bonchev–Trinajstić information content (AvgIpc) is 2.22. The SMILES string of the molecule is CCSc1ccc(NC(=O)CCO)cc1. The number of hydrogen-bond acceptors (Lipinski definition) is 3. The van der Waals surface area contributed by atoms with E-state index in [9.17, 15) is 4.79 Å². The maximum atomic E-state index is 11.1. The zero-order valence-electron chi connectivity index (χ0n) is 8.69. The highest BCUT2D eigenvalue weighted by Crippen LogP contribution is 2.19. The number of anilines is 1. The van der Waals surface area contributed by atoms with Crippen molar-refractivity contribution in [1.29, 1.82) is 0 Å². The van der Waals surface area contributed by atoms with Crippen molar-refractivity contribution < 1.29 is 9.90 Å². The van der Waals surface area contributed by atoms with Gasteiger partial charge in [0.15, 0.2) is 0 Å². The molecule has 82 valence electrons. The third kappa shape index (κ3) is 4.36. The van der Waals surface area contributed by atoms with Crippen LogP contribution >= 0.6 is 11.8 Å². The molecule has 0 radical (unpaired) electrons. The van der Waals surface area contributed by atoms with Crippen LogP contribution in [0, 0.1) is 0 Å². The van der Waals surface area contributed by atoms with Crippen LogP contribution in [0.2, 0.25) is 0 Å². The number of nitrogens with one attached hydrogen (secondary N) is 1. The summed E-state index contributed by atoms with van der Waals surface area (Å²) in [6.07, 6.45) is 0.144. The van der Waals surface area contributed by atoms with E-state index in [2.05, 4.69) is 12.2 Å². The smallest absolute Gasteiger partial charge is 0.226 e. The average molecular weight is 225 g/mol. The van der Waals surface area contributed by atoms with Crippen LogP contribution in [-0.4, -0.2) is 23.4 Å². The Bertz CT molecular complexity index is 311. The summed E-state index contributed by atoms with van der Waals surface area (Å²) < 4.78 is 0. The number of carbonyl (C=O) groups is 1. The summed E-state index contributed by atoms with van der Waals surface area (Å²) in [5.74, 6) is 0.879. The van der Waals surface area contributed by atoms with Crippen molar-refractivity contribution >= 4 is 23.4 Å². The van der Waals surface area contributed by atoms with Crippen molar-refractivity contribution in [1.82, 2.24) is 0 Å². The van der Waals surface area contributed by atoms with E-state index >= 15 is 0 Å². The van der Waals surface area contributed by atoms with E-state index in [1.54, 1.807) is 11.8 Å². The molecule has 0 bridgehead atoms. The highest BCUT2D eigenvalue weighted by molar-refractivity contribution is 7.99. The Morgan fingerprint density at radius 1 is 1.40 bits per heavy atom. The first-order valence-corrected chi connectivity index (χ1v) is 5.88.